The molecule has 0 radical (unpaired) electrons. The Labute approximate surface area is 191 Å². The lowest BCUT2D eigenvalue weighted by atomic mass is 9.76. The van der Waals surface area contributed by atoms with E-state index in [1.165, 1.54) is 16.8 Å². The molecule has 2 atom stereocenters. The largest absolute Gasteiger partial charge is 0.315 e. The zero-order valence-electron chi connectivity index (χ0n) is 19.3. The van der Waals surface area contributed by atoms with Gasteiger partial charge in [0.1, 0.15) is 0 Å². The first-order valence-corrected chi connectivity index (χ1v) is 12.1. The number of fused-ring (bicyclic) bond motifs is 2. The first-order chi connectivity index (χ1) is 15.6. The van der Waals surface area contributed by atoms with Crippen LogP contribution >= 0.6 is 0 Å². The van der Waals surface area contributed by atoms with E-state index in [-0.39, 0.29) is 5.91 Å². The second-order valence-corrected chi connectivity index (χ2v) is 9.66. The summed E-state index contributed by atoms with van der Waals surface area (Å²) in [6.45, 7) is 6.84. The maximum Gasteiger partial charge on any atom is 0.258 e. The van der Waals surface area contributed by atoms with E-state index < -0.39 is 0 Å². The summed E-state index contributed by atoms with van der Waals surface area (Å²) in [6.07, 6.45) is 5.12. The molecule has 1 aliphatic carbocycles. The van der Waals surface area contributed by atoms with Crippen LogP contribution in [-0.4, -0.2) is 34.8 Å². The predicted octanol–water partition coefficient (Wildman–Crippen LogP) is 5.33. The first-order valence-electron chi connectivity index (χ1n) is 12.1. The second kappa shape index (κ2) is 8.93. The summed E-state index contributed by atoms with van der Waals surface area (Å²) < 4.78 is 0. The van der Waals surface area contributed by atoms with Gasteiger partial charge in [0.15, 0.2) is 0 Å². The number of benzene rings is 2. The van der Waals surface area contributed by atoms with Crippen LogP contribution in [0.1, 0.15) is 49.3 Å². The fourth-order valence-corrected chi connectivity index (χ4v) is 5.44. The number of hydrogen-bond acceptors (Lipinski definition) is 3. The van der Waals surface area contributed by atoms with Gasteiger partial charge in [0, 0.05) is 24.4 Å². The molecule has 166 valence electrons. The molecule has 2 unspecified atom stereocenters. The number of carbonyl (C=O) groups excluding carboxylic acids is 1. The Bertz CT molecular complexity index is 1040. The normalized spacial score (nSPS) is 21.8. The van der Waals surface area contributed by atoms with Gasteiger partial charge in [-0.05, 0) is 62.0 Å². The van der Waals surface area contributed by atoms with E-state index in [1.54, 1.807) is 0 Å². The molecule has 0 spiro atoms. The Hall–Kier alpha value is -2.88. The molecule has 2 aliphatic heterocycles. The van der Waals surface area contributed by atoms with Crippen molar-refractivity contribution < 1.29 is 4.79 Å². The summed E-state index contributed by atoms with van der Waals surface area (Å²) in [5.74, 6) is 2.24. The molecule has 5 rings (SSSR count). The molecule has 3 aliphatic rings. The minimum atomic E-state index is 0.173. The fourth-order valence-electron chi connectivity index (χ4n) is 5.44. The highest BCUT2D eigenvalue weighted by molar-refractivity contribution is 6.09. The molecular weight excluding hydrogens is 394 g/mol. The Kier molecular flexibility index (Phi) is 5.86. The number of hydrogen-bond donors (Lipinski definition) is 0. The summed E-state index contributed by atoms with van der Waals surface area (Å²) in [5, 5.41) is 0. The van der Waals surface area contributed by atoms with Gasteiger partial charge in [-0.25, -0.2) is 0 Å². The van der Waals surface area contributed by atoms with Crippen LogP contribution in [0.25, 0.3) is 0 Å². The van der Waals surface area contributed by atoms with Crippen molar-refractivity contribution >= 4 is 11.9 Å². The minimum absolute atomic E-state index is 0.173. The molecule has 0 bridgehead atoms. The number of rotatable bonds is 5. The lowest BCUT2D eigenvalue weighted by Crippen LogP contribution is -2.54. The van der Waals surface area contributed by atoms with Crippen molar-refractivity contribution in [2.75, 3.05) is 13.1 Å². The standard InChI is InChI=1S/C28H33N3O/c1-20-9-11-23(12-10-20)19-31-27(32)25-14-13-24(21(2)17-22-7-4-3-5-8-22)18-26(25)30-16-6-15-29-28(30)31/h3-5,7-12,21,24H,6,13-19H2,1-2H3. The molecule has 2 aromatic rings. The van der Waals surface area contributed by atoms with Crippen molar-refractivity contribution in [1.29, 1.82) is 0 Å². The lowest BCUT2D eigenvalue weighted by molar-refractivity contribution is -0.125. The van der Waals surface area contributed by atoms with Crippen molar-refractivity contribution in [2.45, 2.75) is 52.5 Å². The maximum atomic E-state index is 13.6. The van der Waals surface area contributed by atoms with Crippen molar-refractivity contribution in [2.24, 2.45) is 16.8 Å². The lowest BCUT2D eigenvalue weighted by Gasteiger charge is -2.45. The Balaban J connectivity index is 1.38. The predicted molar refractivity (Wildman–Crippen MR) is 129 cm³/mol. The van der Waals surface area contributed by atoms with Crippen molar-refractivity contribution in [3.63, 3.8) is 0 Å². The van der Waals surface area contributed by atoms with Crippen molar-refractivity contribution in [1.82, 2.24) is 9.80 Å². The summed E-state index contributed by atoms with van der Waals surface area (Å²) in [6, 6.07) is 19.3. The summed E-state index contributed by atoms with van der Waals surface area (Å²) >= 11 is 0. The molecule has 2 aromatic carbocycles. The second-order valence-electron chi connectivity index (χ2n) is 9.66. The van der Waals surface area contributed by atoms with Crippen LogP contribution < -0.4 is 0 Å². The van der Waals surface area contributed by atoms with Gasteiger partial charge < -0.3 is 4.90 Å². The van der Waals surface area contributed by atoms with Gasteiger partial charge in [-0.15, -0.1) is 0 Å². The smallest absolute Gasteiger partial charge is 0.258 e. The zero-order valence-corrected chi connectivity index (χ0v) is 19.3. The van der Waals surface area contributed by atoms with E-state index in [1.807, 2.05) is 4.90 Å². The van der Waals surface area contributed by atoms with Crippen LogP contribution in [0.15, 0.2) is 70.9 Å². The zero-order chi connectivity index (χ0) is 22.1. The van der Waals surface area contributed by atoms with Gasteiger partial charge >= 0.3 is 0 Å². The summed E-state index contributed by atoms with van der Waals surface area (Å²) in [5.41, 5.74) is 6.09. The molecular formula is C28H33N3O. The topological polar surface area (TPSA) is 35.9 Å². The number of nitrogens with zero attached hydrogens (tertiary/aromatic N) is 3. The van der Waals surface area contributed by atoms with Gasteiger partial charge in [0.2, 0.25) is 5.96 Å². The monoisotopic (exact) mass is 427 g/mol. The third kappa shape index (κ3) is 4.11. The quantitative estimate of drug-likeness (QED) is 0.646. The molecule has 4 nitrogen and oxygen atoms in total. The number of guanidine groups is 1. The SMILES string of the molecule is Cc1ccc(CN2C(=O)C3=C(CC(C(C)Cc4ccccc4)CC3)N3CCCN=C23)cc1. The van der Waals surface area contributed by atoms with E-state index in [9.17, 15) is 4.79 Å². The molecule has 0 saturated heterocycles. The van der Waals surface area contributed by atoms with Gasteiger partial charge in [-0.3, -0.25) is 14.7 Å². The van der Waals surface area contributed by atoms with Crippen LogP contribution in [0.5, 0.6) is 0 Å². The molecule has 0 aromatic heterocycles. The van der Waals surface area contributed by atoms with Crippen molar-refractivity contribution in [3.8, 4) is 0 Å². The molecule has 0 saturated carbocycles. The van der Waals surface area contributed by atoms with E-state index >= 15 is 0 Å². The highest BCUT2D eigenvalue weighted by Crippen LogP contribution is 2.41. The molecule has 4 heteroatoms. The Morgan fingerprint density at radius 2 is 1.84 bits per heavy atom. The Morgan fingerprint density at radius 1 is 1.06 bits per heavy atom. The van der Waals surface area contributed by atoms with Gasteiger partial charge in [-0.1, -0.05) is 67.1 Å². The van der Waals surface area contributed by atoms with Gasteiger partial charge in [0.25, 0.3) is 5.91 Å². The van der Waals surface area contributed by atoms with Gasteiger partial charge in [0.05, 0.1) is 6.54 Å². The Morgan fingerprint density at radius 3 is 2.62 bits per heavy atom. The van der Waals surface area contributed by atoms with Crippen LogP contribution in [0, 0.1) is 18.8 Å². The molecule has 0 fully saturated rings. The summed E-state index contributed by atoms with van der Waals surface area (Å²) in [7, 11) is 0. The fraction of sp³-hybridized carbons (Fsp3) is 0.429. The number of carbonyl (C=O) groups is 1. The highest BCUT2D eigenvalue weighted by atomic mass is 16.2. The van der Waals surface area contributed by atoms with Crippen molar-refractivity contribution in [3.05, 3.63) is 82.6 Å². The van der Waals surface area contributed by atoms with Crippen LogP contribution in [0.4, 0.5) is 0 Å². The van der Waals surface area contributed by atoms with Crippen LogP contribution in [-0.2, 0) is 17.8 Å². The number of allylic oxidation sites excluding steroid dienone is 1. The average Bonchev–Trinajstić information content (AvgIpc) is 2.83. The third-order valence-corrected chi connectivity index (χ3v) is 7.34. The van der Waals surface area contributed by atoms with Crippen LogP contribution in [0.2, 0.25) is 0 Å². The van der Waals surface area contributed by atoms with E-state index in [2.05, 4.69) is 73.3 Å². The number of amides is 1. The first kappa shape index (κ1) is 21.0. The highest BCUT2D eigenvalue weighted by Gasteiger charge is 2.41. The molecule has 32 heavy (non-hydrogen) atoms. The van der Waals surface area contributed by atoms with E-state index in [0.717, 1.165) is 62.3 Å². The molecule has 1 amide bonds. The minimum Gasteiger partial charge on any atom is -0.315 e. The average molecular weight is 428 g/mol. The van der Waals surface area contributed by atoms with E-state index in [4.69, 9.17) is 4.99 Å². The van der Waals surface area contributed by atoms with E-state index in [0.29, 0.717) is 18.4 Å². The van der Waals surface area contributed by atoms with Gasteiger partial charge in [-0.2, -0.15) is 0 Å². The van der Waals surface area contributed by atoms with Crippen LogP contribution in [0.3, 0.4) is 0 Å². The summed E-state index contributed by atoms with van der Waals surface area (Å²) in [4.78, 5) is 22.8. The number of aliphatic imine (C=N–C) groups is 1. The molecule has 2 heterocycles. The third-order valence-electron chi connectivity index (χ3n) is 7.34. The maximum absolute atomic E-state index is 13.6. The number of aryl methyl sites for hydroxylation is 1. The molecule has 0 N–H and O–H groups in total.